The molecule has 6 heteroatoms. The summed E-state index contributed by atoms with van der Waals surface area (Å²) in [4.78, 5) is 48.6. The van der Waals surface area contributed by atoms with Gasteiger partial charge in [0, 0.05) is 6.20 Å². The lowest BCUT2D eigenvalue weighted by atomic mass is 9.63. The number of benzene rings is 4. The van der Waals surface area contributed by atoms with Crippen molar-refractivity contribution in [2.45, 2.75) is 24.7 Å². The number of nitrogens with zero attached hydrogens (tertiary/aromatic N) is 2. The van der Waals surface area contributed by atoms with Gasteiger partial charge >= 0.3 is 0 Å². The monoisotopic (exact) mass is 524 g/mol. The lowest BCUT2D eigenvalue weighted by Gasteiger charge is -2.35. The standard InChI is InChI=1S/C34H24N2O4/c1-33-26-22-13-5-3-11-20(22)21-12-4-6-14-23(21)27(26)34(2,32(33)39)29-28(33)30(37)36(31(29)38)24-15-7-8-16-25(24)40-19-10-9-17-35-18-19/h3-18,28-29H,1-2H3. The fourth-order valence-corrected chi connectivity index (χ4v) is 7.91. The molecule has 5 aromatic rings. The predicted octanol–water partition coefficient (Wildman–Crippen LogP) is 6.10. The maximum Gasteiger partial charge on any atom is 0.239 e. The Morgan fingerprint density at radius 2 is 1.20 bits per heavy atom. The number of anilines is 1. The first-order valence-electron chi connectivity index (χ1n) is 13.4. The zero-order chi connectivity index (χ0) is 27.4. The Kier molecular flexibility index (Phi) is 4.40. The van der Waals surface area contributed by atoms with Gasteiger partial charge in [0.2, 0.25) is 11.8 Å². The number of hydrogen-bond acceptors (Lipinski definition) is 5. The van der Waals surface area contributed by atoms with E-state index in [4.69, 9.17) is 4.74 Å². The van der Waals surface area contributed by atoms with E-state index in [1.165, 1.54) is 4.90 Å². The van der Waals surface area contributed by atoms with Gasteiger partial charge in [-0.05, 0) is 70.8 Å². The van der Waals surface area contributed by atoms with E-state index >= 15 is 0 Å². The maximum atomic E-state index is 14.5. The third-order valence-corrected chi connectivity index (χ3v) is 9.43. The van der Waals surface area contributed by atoms with E-state index in [1.54, 1.807) is 48.8 Å². The van der Waals surface area contributed by atoms with Crippen molar-refractivity contribution >= 4 is 44.8 Å². The summed E-state index contributed by atoms with van der Waals surface area (Å²) >= 11 is 0. The molecule has 2 fully saturated rings. The van der Waals surface area contributed by atoms with Crippen molar-refractivity contribution in [1.29, 1.82) is 0 Å². The van der Waals surface area contributed by atoms with Gasteiger partial charge in [0.15, 0.2) is 11.5 Å². The van der Waals surface area contributed by atoms with Crippen molar-refractivity contribution in [2.75, 3.05) is 4.90 Å². The van der Waals surface area contributed by atoms with Gasteiger partial charge in [-0.2, -0.15) is 0 Å². The molecule has 1 saturated heterocycles. The van der Waals surface area contributed by atoms with Gasteiger partial charge < -0.3 is 4.74 Å². The molecule has 2 heterocycles. The summed E-state index contributed by atoms with van der Waals surface area (Å²) in [7, 11) is 0. The van der Waals surface area contributed by atoms with E-state index < -0.39 is 22.7 Å². The van der Waals surface area contributed by atoms with E-state index in [-0.39, 0.29) is 17.6 Å². The number of pyridine rings is 1. The molecule has 0 N–H and O–H groups in total. The SMILES string of the molecule is CC12C(=O)C(C)(c3c1c1ccccc1c1ccccc31)C1C(=O)N(c3ccccc3Oc3cccnc3)C(=O)C12. The van der Waals surface area contributed by atoms with Crippen LogP contribution in [0.4, 0.5) is 5.69 Å². The molecule has 194 valence electrons. The molecule has 2 amide bonds. The summed E-state index contributed by atoms with van der Waals surface area (Å²) < 4.78 is 6.08. The minimum absolute atomic E-state index is 0.0484. The molecule has 1 aliphatic heterocycles. The molecule has 3 aliphatic rings. The Bertz CT molecular complexity index is 1850. The molecule has 4 unspecified atom stereocenters. The summed E-state index contributed by atoms with van der Waals surface area (Å²) in [6.45, 7) is 3.75. The second-order valence-corrected chi connectivity index (χ2v) is 11.3. The number of aromatic nitrogens is 1. The summed E-state index contributed by atoms with van der Waals surface area (Å²) in [5, 5.41) is 4.02. The zero-order valence-electron chi connectivity index (χ0n) is 21.9. The number of amides is 2. The first kappa shape index (κ1) is 23.1. The lowest BCUT2D eigenvalue weighted by molar-refractivity contribution is -0.131. The molecule has 4 aromatic carbocycles. The summed E-state index contributed by atoms with van der Waals surface area (Å²) in [5.41, 5.74) is -0.136. The van der Waals surface area contributed by atoms with Gasteiger partial charge in [0.1, 0.15) is 5.75 Å². The number of Topliss-reactive ketones (excluding diaryl/α,β-unsaturated/α-hetero) is 1. The van der Waals surface area contributed by atoms with Crippen molar-refractivity contribution in [1.82, 2.24) is 4.98 Å². The fourth-order valence-electron chi connectivity index (χ4n) is 7.91. The van der Waals surface area contributed by atoms with Crippen molar-refractivity contribution < 1.29 is 19.1 Å². The Balaban J connectivity index is 1.36. The summed E-state index contributed by atoms with van der Waals surface area (Å²) in [6.07, 6.45) is 3.22. The number of hydrogen-bond donors (Lipinski definition) is 0. The van der Waals surface area contributed by atoms with Crippen molar-refractivity contribution in [3.63, 3.8) is 0 Å². The van der Waals surface area contributed by atoms with Crippen LogP contribution in [0.1, 0.15) is 25.0 Å². The van der Waals surface area contributed by atoms with E-state index in [1.807, 2.05) is 50.2 Å². The second-order valence-electron chi connectivity index (χ2n) is 11.3. The molecule has 8 rings (SSSR count). The van der Waals surface area contributed by atoms with Crippen LogP contribution in [0.3, 0.4) is 0 Å². The third kappa shape index (κ3) is 2.54. The van der Waals surface area contributed by atoms with Gasteiger partial charge in [0.25, 0.3) is 0 Å². The average Bonchev–Trinajstić information content (AvgIpc) is 3.43. The quantitative estimate of drug-likeness (QED) is 0.211. The number of carbonyl (C=O) groups excluding carboxylic acids is 3. The molecule has 6 nitrogen and oxygen atoms in total. The van der Waals surface area contributed by atoms with Crippen LogP contribution in [0.25, 0.3) is 21.5 Å². The molecule has 1 aromatic heterocycles. The number of para-hydroxylation sites is 2. The molecular weight excluding hydrogens is 500 g/mol. The number of ether oxygens (including phenoxy) is 1. The molecule has 40 heavy (non-hydrogen) atoms. The Morgan fingerprint density at radius 1 is 0.675 bits per heavy atom. The highest BCUT2D eigenvalue weighted by molar-refractivity contribution is 6.32. The largest absolute Gasteiger partial charge is 0.454 e. The number of fused-ring (bicyclic) bond motifs is 13. The van der Waals surface area contributed by atoms with Crippen molar-refractivity contribution in [3.05, 3.63) is 108 Å². The normalized spacial score (nSPS) is 26.6. The number of imide groups is 1. The van der Waals surface area contributed by atoms with E-state index in [9.17, 15) is 14.4 Å². The van der Waals surface area contributed by atoms with Gasteiger partial charge in [-0.1, -0.05) is 60.7 Å². The Labute approximate surface area is 230 Å². The predicted molar refractivity (Wildman–Crippen MR) is 151 cm³/mol. The highest BCUT2D eigenvalue weighted by Gasteiger charge is 2.78. The van der Waals surface area contributed by atoms with Crippen LogP contribution in [-0.4, -0.2) is 22.6 Å². The van der Waals surface area contributed by atoms with E-state index in [2.05, 4.69) is 17.1 Å². The van der Waals surface area contributed by atoms with Crippen LogP contribution >= 0.6 is 0 Å². The number of rotatable bonds is 3. The Morgan fingerprint density at radius 3 is 1.75 bits per heavy atom. The van der Waals surface area contributed by atoms with E-state index in [0.29, 0.717) is 17.2 Å². The van der Waals surface area contributed by atoms with Gasteiger partial charge in [-0.15, -0.1) is 0 Å². The minimum atomic E-state index is -1.14. The Hall–Kier alpha value is -4.84. The molecule has 0 radical (unpaired) electrons. The number of carbonyl (C=O) groups is 3. The molecule has 2 bridgehead atoms. The molecule has 2 aliphatic carbocycles. The lowest BCUT2D eigenvalue weighted by Crippen LogP contribution is -2.42. The maximum absolute atomic E-state index is 14.5. The third-order valence-electron chi connectivity index (χ3n) is 9.43. The van der Waals surface area contributed by atoms with Crippen LogP contribution in [0.5, 0.6) is 11.5 Å². The first-order chi connectivity index (χ1) is 19.4. The number of ketones is 1. The van der Waals surface area contributed by atoms with Crippen LogP contribution in [0.2, 0.25) is 0 Å². The van der Waals surface area contributed by atoms with Gasteiger partial charge in [-0.25, -0.2) is 4.90 Å². The van der Waals surface area contributed by atoms with Crippen molar-refractivity contribution in [2.24, 2.45) is 11.8 Å². The molecule has 4 atom stereocenters. The highest BCUT2D eigenvalue weighted by Crippen LogP contribution is 2.69. The van der Waals surface area contributed by atoms with Crippen LogP contribution in [-0.2, 0) is 25.2 Å². The molecule has 1 saturated carbocycles. The molecule has 0 spiro atoms. The van der Waals surface area contributed by atoms with Crippen molar-refractivity contribution in [3.8, 4) is 11.5 Å². The first-order valence-corrected chi connectivity index (χ1v) is 13.4. The average molecular weight is 525 g/mol. The second kappa shape index (κ2) is 7.63. The van der Waals surface area contributed by atoms with Crippen LogP contribution in [0.15, 0.2) is 97.3 Å². The topological polar surface area (TPSA) is 76.6 Å². The van der Waals surface area contributed by atoms with Gasteiger partial charge in [0.05, 0.1) is 34.6 Å². The highest BCUT2D eigenvalue weighted by atomic mass is 16.5. The smallest absolute Gasteiger partial charge is 0.239 e. The summed E-state index contributed by atoms with van der Waals surface area (Å²) in [6, 6.07) is 26.7. The summed E-state index contributed by atoms with van der Waals surface area (Å²) in [5.74, 6) is -1.51. The fraction of sp³-hybridized carbons (Fsp3) is 0.176. The zero-order valence-corrected chi connectivity index (χ0v) is 21.9. The minimum Gasteiger partial charge on any atom is -0.454 e. The molecular formula is C34H24N2O4. The van der Waals surface area contributed by atoms with Crippen LogP contribution < -0.4 is 9.64 Å². The van der Waals surface area contributed by atoms with E-state index in [0.717, 1.165) is 32.7 Å². The van der Waals surface area contributed by atoms with Crippen LogP contribution in [0, 0.1) is 11.8 Å². The van der Waals surface area contributed by atoms with Gasteiger partial charge in [-0.3, -0.25) is 19.4 Å².